The molecular formula is C20H18N5OP. The van der Waals surface area contributed by atoms with Crippen LogP contribution in [0.25, 0.3) is 16.9 Å². The summed E-state index contributed by atoms with van der Waals surface area (Å²) in [7, 11) is 4.21. The van der Waals surface area contributed by atoms with Gasteiger partial charge < -0.3 is 4.40 Å². The number of H-pyrrole nitrogens is 1. The van der Waals surface area contributed by atoms with Crippen molar-refractivity contribution in [3.05, 3.63) is 77.9 Å². The molecule has 0 aliphatic rings. The topological polar surface area (TPSA) is 75.4 Å². The monoisotopic (exact) mass is 375 g/mol. The van der Waals surface area contributed by atoms with Crippen LogP contribution >= 0.6 is 9.24 Å². The first-order chi connectivity index (χ1) is 13.2. The van der Waals surface area contributed by atoms with Crippen molar-refractivity contribution in [2.45, 2.75) is 6.42 Å². The summed E-state index contributed by atoms with van der Waals surface area (Å²) in [5.41, 5.74) is 5.56. The first-order valence-corrected chi connectivity index (χ1v) is 9.05. The molecule has 0 aliphatic carbocycles. The summed E-state index contributed by atoms with van der Waals surface area (Å²) in [5, 5.41) is 6.77. The lowest BCUT2D eigenvalue weighted by molar-refractivity contribution is 0.0988. The summed E-state index contributed by atoms with van der Waals surface area (Å²) in [6.45, 7) is 0. The van der Waals surface area contributed by atoms with Crippen LogP contribution in [0.4, 0.5) is 0 Å². The number of rotatable bonds is 5. The van der Waals surface area contributed by atoms with E-state index in [0.717, 1.165) is 22.5 Å². The number of carbonyl (C=O) groups is 1. The van der Waals surface area contributed by atoms with E-state index < -0.39 is 0 Å². The quantitative estimate of drug-likeness (QED) is 0.330. The molecule has 6 nitrogen and oxygen atoms in total. The van der Waals surface area contributed by atoms with E-state index in [9.17, 15) is 4.79 Å². The van der Waals surface area contributed by atoms with E-state index in [-0.39, 0.29) is 12.2 Å². The largest absolute Gasteiger partial charge is 0.306 e. The SMILES string of the molecule is CN=C(P)c1cn[nH]c1C(=O)Cc1ccn2cc(-c3ccccc3)nc2c1. The van der Waals surface area contributed by atoms with Crippen LogP contribution in [0.15, 0.2) is 66.0 Å². The maximum absolute atomic E-state index is 12.7. The van der Waals surface area contributed by atoms with Crippen LogP contribution in [0.5, 0.6) is 0 Å². The number of aromatic amines is 1. The molecule has 0 spiro atoms. The molecule has 0 radical (unpaired) electrons. The van der Waals surface area contributed by atoms with Gasteiger partial charge in [-0.25, -0.2) is 4.98 Å². The number of carbonyl (C=O) groups excluding carboxylic acids is 1. The third kappa shape index (κ3) is 3.44. The second-order valence-electron chi connectivity index (χ2n) is 6.16. The molecule has 4 rings (SSSR count). The fourth-order valence-electron chi connectivity index (χ4n) is 2.97. The molecule has 0 bridgehead atoms. The van der Waals surface area contributed by atoms with Gasteiger partial charge in [0.05, 0.1) is 17.3 Å². The Morgan fingerprint density at radius 3 is 2.85 bits per heavy atom. The number of hydrogen-bond acceptors (Lipinski definition) is 4. The summed E-state index contributed by atoms with van der Waals surface area (Å²) >= 11 is 0. The van der Waals surface area contributed by atoms with Gasteiger partial charge in [0.15, 0.2) is 5.78 Å². The Labute approximate surface area is 158 Å². The number of imidazole rings is 1. The standard InChI is InChI=1S/C20H18N5OP/c1-21-20(27)15-11-22-24-19(15)17(26)9-13-7-8-25-12-16(23-18(25)10-13)14-5-3-2-4-6-14/h2-8,10-12H,9,27H2,1H3,(H,22,24). The number of ketones is 1. The Hall–Kier alpha value is -3.11. The molecule has 0 amide bonds. The maximum Gasteiger partial charge on any atom is 0.185 e. The van der Waals surface area contributed by atoms with Gasteiger partial charge in [0.25, 0.3) is 0 Å². The molecule has 0 saturated carbocycles. The Morgan fingerprint density at radius 2 is 2.07 bits per heavy atom. The van der Waals surface area contributed by atoms with Gasteiger partial charge >= 0.3 is 0 Å². The number of fused-ring (bicyclic) bond motifs is 1. The fraction of sp³-hybridized carbons (Fsp3) is 0.100. The number of pyridine rings is 1. The molecule has 0 saturated heterocycles. The van der Waals surface area contributed by atoms with Crippen molar-refractivity contribution in [2.24, 2.45) is 4.99 Å². The van der Waals surface area contributed by atoms with Gasteiger partial charge in [0, 0.05) is 37.0 Å². The van der Waals surface area contributed by atoms with Crippen molar-refractivity contribution < 1.29 is 4.79 Å². The molecular weight excluding hydrogens is 357 g/mol. The predicted octanol–water partition coefficient (Wildman–Crippen LogP) is 3.40. The number of aromatic nitrogens is 4. The molecule has 4 aromatic rings. The molecule has 1 atom stereocenters. The lowest BCUT2D eigenvalue weighted by Crippen LogP contribution is -2.08. The highest BCUT2D eigenvalue weighted by molar-refractivity contribution is 7.42. The molecule has 134 valence electrons. The smallest absolute Gasteiger partial charge is 0.185 e. The third-order valence-electron chi connectivity index (χ3n) is 4.39. The Balaban J connectivity index is 1.61. The van der Waals surface area contributed by atoms with Crippen LogP contribution in [0.3, 0.4) is 0 Å². The second kappa shape index (κ2) is 7.25. The maximum atomic E-state index is 12.7. The molecule has 7 heteroatoms. The number of nitrogens with zero attached hydrogens (tertiary/aromatic N) is 4. The lowest BCUT2D eigenvalue weighted by Gasteiger charge is -2.03. The lowest BCUT2D eigenvalue weighted by atomic mass is 10.1. The Kier molecular flexibility index (Phi) is 4.65. The van der Waals surface area contributed by atoms with Crippen molar-refractivity contribution in [2.75, 3.05) is 7.05 Å². The molecule has 1 aromatic carbocycles. The fourth-order valence-corrected chi connectivity index (χ4v) is 3.19. The highest BCUT2D eigenvalue weighted by Crippen LogP contribution is 2.20. The van der Waals surface area contributed by atoms with Crippen molar-refractivity contribution in [1.29, 1.82) is 0 Å². The summed E-state index contributed by atoms with van der Waals surface area (Å²) in [5.74, 6) is -0.0368. The van der Waals surface area contributed by atoms with Crippen molar-refractivity contribution in [1.82, 2.24) is 19.6 Å². The highest BCUT2D eigenvalue weighted by Gasteiger charge is 2.16. The first kappa shape index (κ1) is 17.3. The van der Waals surface area contributed by atoms with E-state index in [0.29, 0.717) is 16.7 Å². The number of aliphatic imine (C=N–C) groups is 1. The molecule has 1 N–H and O–H groups in total. The minimum Gasteiger partial charge on any atom is -0.306 e. The highest BCUT2D eigenvalue weighted by atomic mass is 31.0. The van der Waals surface area contributed by atoms with E-state index in [2.05, 4.69) is 29.4 Å². The average molecular weight is 375 g/mol. The number of hydrogen-bond donors (Lipinski definition) is 1. The van der Waals surface area contributed by atoms with Gasteiger partial charge in [0.1, 0.15) is 11.3 Å². The van der Waals surface area contributed by atoms with Crippen LogP contribution in [-0.2, 0) is 6.42 Å². The Morgan fingerprint density at radius 1 is 1.26 bits per heavy atom. The minimum absolute atomic E-state index is 0.0368. The summed E-state index contributed by atoms with van der Waals surface area (Å²) in [4.78, 5) is 21.5. The number of nitrogens with one attached hydrogen (secondary N) is 1. The minimum atomic E-state index is -0.0368. The first-order valence-electron chi connectivity index (χ1n) is 8.48. The van der Waals surface area contributed by atoms with Crippen LogP contribution < -0.4 is 0 Å². The summed E-state index contributed by atoms with van der Waals surface area (Å²) < 4.78 is 1.96. The predicted molar refractivity (Wildman–Crippen MR) is 109 cm³/mol. The van der Waals surface area contributed by atoms with E-state index in [1.807, 2.05) is 59.3 Å². The van der Waals surface area contributed by atoms with Gasteiger partial charge in [0.2, 0.25) is 0 Å². The van der Waals surface area contributed by atoms with E-state index >= 15 is 0 Å². The van der Waals surface area contributed by atoms with Gasteiger partial charge in [-0.05, 0) is 17.7 Å². The second-order valence-corrected chi connectivity index (χ2v) is 6.71. The molecule has 0 aliphatic heterocycles. The van der Waals surface area contributed by atoms with E-state index in [1.165, 1.54) is 0 Å². The Bertz CT molecular complexity index is 1140. The molecule has 3 heterocycles. The third-order valence-corrected chi connectivity index (χ3v) is 4.96. The number of Topliss-reactive ketones (excluding diaryl/α,β-unsaturated/α-hetero) is 1. The van der Waals surface area contributed by atoms with Crippen molar-refractivity contribution in [3.63, 3.8) is 0 Å². The normalized spacial score (nSPS) is 11.9. The van der Waals surface area contributed by atoms with Crippen molar-refractivity contribution >= 4 is 26.1 Å². The van der Waals surface area contributed by atoms with E-state index in [4.69, 9.17) is 0 Å². The van der Waals surface area contributed by atoms with Crippen LogP contribution in [-0.4, -0.2) is 37.9 Å². The molecule has 1 unspecified atom stereocenters. The van der Waals surface area contributed by atoms with Crippen LogP contribution in [0.2, 0.25) is 0 Å². The molecule has 27 heavy (non-hydrogen) atoms. The van der Waals surface area contributed by atoms with Crippen LogP contribution in [0, 0.1) is 0 Å². The van der Waals surface area contributed by atoms with E-state index in [1.54, 1.807) is 13.2 Å². The van der Waals surface area contributed by atoms with Gasteiger partial charge in [-0.1, -0.05) is 39.6 Å². The summed E-state index contributed by atoms with van der Waals surface area (Å²) in [6, 6.07) is 13.9. The summed E-state index contributed by atoms with van der Waals surface area (Å²) in [6.07, 6.45) is 5.80. The zero-order valence-electron chi connectivity index (χ0n) is 14.8. The van der Waals surface area contributed by atoms with Gasteiger partial charge in [-0.2, -0.15) is 5.10 Å². The zero-order chi connectivity index (χ0) is 18.8. The molecule has 0 fully saturated rings. The van der Waals surface area contributed by atoms with Gasteiger partial charge in [-0.3, -0.25) is 14.9 Å². The van der Waals surface area contributed by atoms with Crippen LogP contribution in [0.1, 0.15) is 21.6 Å². The molecule has 3 aromatic heterocycles. The van der Waals surface area contributed by atoms with Crippen molar-refractivity contribution in [3.8, 4) is 11.3 Å². The number of benzene rings is 1. The zero-order valence-corrected chi connectivity index (χ0v) is 15.9. The van der Waals surface area contributed by atoms with Gasteiger partial charge in [-0.15, -0.1) is 0 Å². The average Bonchev–Trinajstić information content (AvgIpc) is 3.35.